The molecule has 16 heavy (non-hydrogen) atoms. The maximum Gasteiger partial charge on any atom is 0.267 e. The fourth-order valence-corrected chi connectivity index (χ4v) is 2.57. The van der Waals surface area contributed by atoms with Gasteiger partial charge in [0.1, 0.15) is 0 Å². The Kier molecular flexibility index (Phi) is 5.41. The Bertz CT molecular complexity index is 329. The highest BCUT2D eigenvalue weighted by atomic mass is 32.2. The highest BCUT2D eigenvalue weighted by Gasteiger charge is 2.28. The predicted octanol–water partition coefficient (Wildman–Crippen LogP) is 1.21. The van der Waals surface area contributed by atoms with E-state index < -0.39 is 15.4 Å². The largest absolute Gasteiger partial charge is 0.356 e. The van der Waals surface area contributed by atoms with Gasteiger partial charge < -0.3 is 5.32 Å². The molecule has 6 heteroatoms. The number of hydrogen-bond acceptors (Lipinski definition) is 3. The second-order valence-corrected chi connectivity index (χ2v) is 6.87. The lowest BCUT2D eigenvalue weighted by molar-refractivity contribution is -0.118. The second kappa shape index (κ2) is 5.63. The summed E-state index contributed by atoms with van der Waals surface area (Å²) in [5, 5.41) is 1.70. The van der Waals surface area contributed by atoms with Gasteiger partial charge in [0, 0.05) is 13.5 Å². The topological polar surface area (TPSA) is 83.5 Å². The van der Waals surface area contributed by atoms with Crippen molar-refractivity contribution >= 4 is 16.0 Å². The zero-order chi connectivity index (χ0) is 13.0. The van der Waals surface area contributed by atoms with Gasteiger partial charge in [-0.2, -0.15) is 8.42 Å². The molecule has 0 aromatic carbocycles. The first-order valence-corrected chi connectivity index (χ1v) is 6.73. The van der Waals surface area contributed by atoms with Crippen molar-refractivity contribution in [2.75, 3.05) is 6.54 Å². The molecule has 0 radical (unpaired) electrons. The molecule has 0 saturated carbocycles. The van der Waals surface area contributed by atoms with Crippen LogP contribution in [-0.2, 0) is 14.9 Å². The minimum absolute atomic E-state index is 0.184. The Morgan fingerprint density at radius 3 is 2.19 bits per heavy atom. The van der Waals surface area contributed by atoms with Gasteiger partial charge >= 0.3 is 0 Å². The molecule has 5 nitrogen and oxygen atoms in total. The summed E-state index contributed by atoms with van der Waals surface area (Å²) < 4.78 is 31.3. The van der Waals surface area contributed by atoms with Crippen LogP contribution in [-0.4, -0.2) is 30.7 Å². The minimum atomic E-state index is -4.05. The van der Waals surface area contributed by atoms with Gasteiger partial charge in [-0.1, -0.05) is 20.8 Å². The summed E-state index contributed by atoms with van der Waals surface area (Å²) in [4.78, 5) is 10.6. The van der Waals surface area contributed by atoms with Crippen LogP contribution in [0.25, 0.3) is 0 Å². The third kappa shape index (κ3) is 7.64. The molecule has 0 aromatic rings. The molecule has 1 amide bonds. The van der Waals surface area contributed by atoms with E-state index in [4.69, 9.17) is 4.55 Å². The van der Waals surface area contributed by atoms with E-state index in [1.54, 1.807) is 0 Å². The molecule has 0 spiro atoms. The van der Waals surface area contributed by atoms with Gasteiger partial charge in [-0.3, -0.25) is 9.35 Å². The van der Waals surface area contributed by atoms with Gasteiger partial charge in [0.25, 0.3) is 10.1 Å². The quantitative estimate of drug-likeness (QED) is 0.719. The highest BCUT2D eigenvalue weighted by molar-refractivity contribution is 7.86. The summed E-state index contributed by atoms with van der Waals surface area (Å²) in [5.74, 6) is -0.204. The van der Waals surface area contributed by atoms with Crippen molar-refractivity contribution in [1.82, 2.24) is 5.32 Å². The molecule has 1 atom stereocenters. The predicted molar refractivity (Wildman–Crippen MR) is 62.7 cm³/mol. The summed E-state index contributed by atoms with van der Waals surface area (Å²) in [7, 11) is -4.05. The molecule has 0 aromatic heterocycles. The molecule has 0 aliphatic heterocycles. The lowest BCUT2D eigenvalue weighted by atomic mass is 9.89. The first kappa shape index (κ1) is 15.4. The molecular weight excluding hydrogens is 230 g/mol. The maximum absolute atomic E-state index is 11.1. The van der Waals surface area contributed by atoms with Gasteiger partial charge in [-0.05, 0) is 18.3 Å². The summed E-state index contributed by atoms with van der Waals surface area (Å²) in [6, 6.07) is 0. The van der Waals surface area contributed by atoms with Crippen molar-refractivity contribution in [3.8, 4) is 0 Å². The summed E-state index contributed by atoms with van der Waals surface area (Å²) in [5.41, 5.74) is -0.184. The van der Waals surface area contributed by atoms with Crippen LogP contribution in [0.3, 0.4) is 0 Å². The Labute approximate surface area is 97.4 Å². The first-order chi connectivity index (χ1) is 7.02. The van der Waals surface area contributed by atoms with Crippen molar-refractivity contribution in [2.45, 2.75) is 45.8 Å². The summed E-state index contributed by atoms with van der Waals surface area (Å²) >= 11 is 0. The van der Waals surface area contributed by atoms with Crippen LogP contribution >= 0.6 is 0 Å². The van der Waals surface area contributed by atoms with Crippen LogP contribution in [0.1, 0.15) is 40.5 Å². The average molecular weight is 251 g/mol. The zero-order valence-corrected chi connectivity index (χ0v) is 11.1. The van der Waals surface area contributed by atoms with E-state index in [0.717, 1.165) is 0 Å². The standard InChI is InChI=1S/C10H21NO4S/c1-8(12)11-6-5-9(16(13,14)15)7-10(2,3)4/h9H,5-7H2,1-4H3,(H,11,12)(H,13,14,15). The van der Waals surface area contributed by atoms with E-state index in [2.05, 4.69) is 5.32 Å². The van der Waals surface area contributed by atoms with Crippen LogP contribution < -0.4 is 5.32 Å². The van der Waals surface area contributed by atoms with E-state index in [0.29, 0.717) is 6.42 Å². The van der Waals surface area contributed by atoms with E-state index in [9.17, 15) is 13.2 Å². The van der Waals surface area contributed by atoms with Crippen LogP contribution in [0.5, 0.6) is 0 Å². The number of hydrogen-bond donors (Lipinski definition) is 2. The fraction of sp³-hybridized carbons (Fsp3) is 0.900. The van der Waals surface area contributed by atoms with Crippen LogP contribution in [0.15, 0.2) is 0 Å². The van der Waals surface area contributed by atoms with Gasteiger partial charge in [-0.25, -0.2) is 0 Å². The van der Waals surface area contributed by atoms with Gasteiger partial charge in [0.05, 0.1) is 5.25 Å². The smallest absolute Gasteiger partial charge is 0.267 e. The lowest BCUT2D eigenvalue weighted by Crippen LogP contribution is -2.31. The summed E-state index contributed by atoms with van der Waals surface area (Å²) in [6.45, 7) is 7.35. The molecule has 1 unspecified atom stereocenters. The average Bonchev–Trinajstić information content (AvgIpc) is 1.97. The molecular formula is C10H21NO4S. The molecule has 0 saturated heterocycles. The number of nitrogens with one attached hydrogen (secondary N) is 1. The SMILES string of the molecule is CC(=O)NCCC(CC(C)(C)C)S(=O)(=O)O. The third-order valence-electron chi connectivity index (χ3n) is 2.10. The van der Waals surface area contributed by atoms with Crippen molar-refractivity contribution in [3.63, 3.8) is 0 Å². The van der Waals surface area contributed by atoms with E-state index in [-0.39, 0.29) is 24.3 Å². The number of carbonyl (C=O) groups is 1. The fourth-order valence-electron chi connectivity index (χ4n) is 1.45. The second-order valence-electron chi connectivity index (χ2n) is 5.17. The molecule has 0 rings (SSSR count). The molecule has 0 aliphatic rings. The van der Waals surface area contributed by atoms with Gasteiger partial charge in [-0.15, -0.1) is 0 Å². The Hall–Kier alpha value is -0.620. The van der Waals surface area contributed by atoms with Crippen LogP contribution in [0, 0.1) is 5.41 Å². The lowest BCUT2D eigenvalue weighted by Gasteiger charge is -2.23. The van der Waals surface area contributed by atoms with E-state index >= 15 is 0 Å². The number of rotatable bonds is 5. The normalized spacial score (nSPS) is 14.6. The van der Waals surface area contributed by atoms with Crippen LogP contribution in [0.4, 0.5) is 0 Å². The number of carbonyl (C=O) groups excluding carboxylic acids is 1. The van der Waals surface area contributed by atoms with E-state index in [1.807, 2.05) is 20.8 Å². The van der Waals surface area contributed by atoms with Crippen molar-refractivity contribution in [3.05, 3.63) is 0 Å². The number of amides is 1. The minimum Gasteiger partial charge on any atom is -0.356 e. The Balaban J connectivity index is 4.41. The van der Waals surface area contributed by atoms with Gasteiger partial charge in [0.2, 0.25) is 5.91 Å². The van der Waals surface area contributed by atoms with E-state index in [1.165, 1.54) is 6.92 Å². The maximum atomic E-state index is 11.1. The third-order valence-corrected chi connectivity index (χ3v) is 3.35. The molecule has 0 fully saturated rings. The summed E-state index contributed by atoms with van der Waals surface area (Å²) in [6.07, 6.45) is 0.598. The Morgan fingerprint density at radius 2 is 1.88 bits per heavy atom. The highest BCUT2D eigenvalue weighted by Crippen LogP contribution is 2.25. The van der Waals surface area contributed by atoms with Crippen molar-refractivity contribution in [1.29, 1.82) is 0 Å². The Morgan fingerprint density at radius 1 is 1.38 bits per heavy atom. The molecule has 0 heterocycles. The van der Waals surface area contributed by atoms with Crippen LogP contribution in [0.2, 0.25) is 0 Å². The first-order valence-electron chi connectivity index (χ1n) is 5.23. The zero-order valence-electron chi connectivity index (χ0n) is 10.3. The molecule has 2 N–H and O–H groups in total. The molecule has 0 bridgehead atoms. The van der Waals surface area contributed by atoms with Crippen molar-refractivity contribution in [2.24, 2.45) is 5.41 Å². The molecule has 96 valence electrons. The van der Waals surface area contributed by atoms with Crippen molar-refractivity contribution < 1.29 is 17.8 Å². The van der Waals surface area contributed by atoms with Gasteiger partial charge in [0.15, 0.2) is 0 Å². The monoisotopic (exact) mass is 251 g/mol. The molecule has 0 aliphatic carbocycles.